The molecular weight excluding hydrogens is 945 g/mol. The van der Waals surface area contributed by atoms with Crippen LogP contribution in [0.4, 0.5) is 34.1 Å². The van der Waals surface area contributed by atoms with Gasteiger partial charge in [-0.1, -0.05) is 202 Å². The Morgan fingerprint density at radius 1 is 0.307 bits per heavy atom. The van der Waals surface area contributed by atoms with Gasteiger partial charge >= 0.3 is 0 Å². The first-order valence-corrected chi connectivity index (χ1v) is 27.5. The Morgan fingerprint density at radius 3 is 1.52 bits per heavy atom. The number of anilines is 6. The summed E-state index contributed by atoms with van der Waals surface area (Å²) in [4.78, 5) is 4.96. The van der Waals surface area contributed by atoms with E-state index in [0.717, 1.165) is 22.7 Å². The fraction of sp³-hybridized carbons (Fsp3) is 0.0423. The molecule has 2 nitrogen and oxygen atoms in total. The van der Waals surface area contributed by atoms with E-state index in [4.69, 9.17) is 0 Å². The van der Waals surface area contributed by atoms with Gasteiger partial charge in [-0.3, -0.25) is 0 Å². The van der Waals surface area contributed by atoms with Crippen LogP contribution >= 0.6 is 22.7 Å². The van der Waals surface area contributed by atoms with Crippen molar-refractivity contribution in [1.82, 2.24) is 0 Å². The summed E-state index contributed by atoms with van der Waals surface area (Å²) in [6.45, 7) is 4.87. The molecule has 0 amide bonds. The van der Waals surface area contributed by atoms with Crippen molar-refractivity contribution >= 4 is 119 Å². The van der Waals surface area contributed by atoms with Gasteiger partial charge in [0.1, 0.15) is 0 Å². The van der Waals surface area contributed by atoms with Gasteiger partial charge in [0.2, 0.25) is 0 Å². The molecule has 0 atom stereocenters. The lowest BCUT2D eigenvalue weighted by Gasteiger charge is -2.38. The highest BCUT2D eigenvalue weighted by Crippen LogP contribution is 2.57. The summed E-state index contributed by atoms with van der Waals surface area (Å²) in [5.74, 6) is 0. The molecule has 0 radical (unpaired) electrons. The van der Waals surface area contributed by atoms with Crippen molar-refractivity contribution in [2.45, 2.75) is 19.3 Å². The number of benzene rings is 12. The molecule has 14 aromatic rings. The zero-order valence-electron chi connectivity index (χ0n) is 41.5. The van der Waals surface area contributed by atoms with E-state index in [1.807, 2.05) is 22.7 Å². The van der Waals surface area contributed by atoms with Crippen LogP contribution < -0.4 is 9.80 Å². The number of hydrogen-bond acceptors (Lipinski definition) is 4. The van der Waals surface area contributed by atoms with E-state index in [9.17, 15) is 0 Å². The Bertz CT molecular complexity index is 4560. The SMILES string of the molecule is CC1(C)c2cc(N(c3ccccc3)c3cccc4c3sc3c(-c5ccccc5)cccc34)ccc2-c2c(-c3ccccc3)c3ccc(N(c4ccccc4)c4cccc5c4sc4ccccc45)cc3c3cccc1c23. The summed E-state index contributed by atoms with van der Waals surface area (Å²) in [5, 5.41) is 10.2. The zero-order valence-corrected chi connectivity index (χ0v) is 43.1. The van der Waals surface area contributed by atoms with Crippen molar-refractivity contribution in [2.24, 2.45) is 0 Å². The molecule has 0 N–H and O–H groups in total. The van der Waals surface area contributed by atoms with Crippen LogP contribution in [0.15, 0.2) is 255 Å². The predicted octanol–water partition coefficient (Wildman–Crippen LogP) is 21.3. The molecule has 0 unspecified atom stereocenters. The van der Waals surface area contributed by atoms with Crippen LogP contribution in [0.5, 0.6) is 0 Å². The number of nitrogens with zero attached hydrogens (tertiary/aromatic N) is 2. The van der Waals surface area contributed by atoms with Crippen LogP contribution in [-0.2, 0) is 5.41 Å². The van der Waals surface area contributed by atoms with Crippen LogP contribution in [-0.4, -0.2) is 0 Å². The lowest BCUT2D eigenvalue weighted by molar-refractivity contribution is 0.645. The topological polar surface area (TPSA) is 6.48 Å². The number of thiophene rings is 2. The van der Waals surface area contributed by atoms with E-state index in [2.05, 4.69) is 278 Å². The maximum absolute atomic E-state index is 2.50. The minimum atomic E-state index is -0.347. The molecule has 12 aromatic carbocycles. The van der Waals surface area contributed by atoms with Crippen LogP contribution in [0.2, 0.25) is 0 Å². The molecule has 0 fully saturated rings. The monoisotopic (exact) mass is 992 g/mol. The van der Waals surface area contributed by atoms with Crippen molar-refractivity contribution in [3.8, 4) is 33.4 Å². The minimum absolute atomic E-state index is 0.347. The number of hydrogen-bond donors (Lipinski definition) is 0. The number of para-hydroxylation sites is 2. The van der Waals surface area contributed by atoms with Crippen LogP contribution in [0.1, 0.15) is 25.0 Å². The Balaban J connectivity index is 0.960. The molecule has 2 aromatic heterocycles. The van der Waals surface area contributed by atoms with E-state index in [1.54, 1.807) is 0 Å². The third kappa shape index (κ3) is 6.77. The van der Waals surface area contributed by atoms with Crippen molar-refractivity contribution in [1.29, 1.82) is 0 Å². The predicted molar refractivity (Wildman–Crippen MR) is 325 cm³/mol. The van der Waals surface area contributed by atoms with Crippen molar-refractivity contribution in [2.75, 3.05) is 9.80 Å². The maximum Gasteiger partial charge on any atom is 0.0640 e. The molecule has 2 heterocycles. The average molecular weight is 993 g/mol. The smallest absolute Gasteiger partial charge is 0.0640 e. The van der Waals surface area contributed by atoms with Crippen LogP contribution in [0.3, 0.4) is 0 Å². The highest BCUT2D eigenvalue weighted by Gasteiger charge is 2.37. The van der Waals surface area contributed by atoms with Gasteiger partial charge in [-0.15, -0.1) is 22.7 Å². The lowest BCUT2D eigenvalue weighted by atomic mass is 9.66. The number of fused-ring (bicyclic) bond motifs is 10. The van der Waals surface area contributed by atoms with Crippen molar-refractivity contribution < 1.29 is 0 Å². The third-order valence-electron chi connectivity index (χ3n) is 15.8. The minimum Gasteiger partial charge on any atom is -0.309 e. The molecular formula is C71H48N2S2. The van der Waals surface area contributed by atoms with Gasteiger partial charge in [-0.25, -0.2) is 0 Å². The van der Waals surface area contributed by atoms with Gasteiger partial charge < -0.3 is 9.80 Å². The van der Waals surface area contributed by atoms with Crippen LogP contribution in [0.25, 0.3) is 95.3 Å². The molecule has 75 heavy (non-hydrogen) atoms. The van der Waals surface area contributed by atoms with E-state index in [1.165, 1.54) is 118 Å². The van der Waals surface area contributed by atoms with Crippen molar-refractivity contribution in [3.63, 3.8) is 0 Å². The fourth-order valence-electron chi connectivity index (χ4n) is 12.4. The maximum atomic E-state index is 2.50. The number of rotatable bonds is 8. The quantitative estimate of drug-likeness (QED) is 0.140. The molecule has 4 heteroatoms. The average Bonchev–Trinajstić information content (AvgIpc) is 4.15. The Morgan fingerprint density at radius 2 is 0.827 bits per heavy atom. The first kappa shape index (κ1) is 43.8. The van der Waals surface area contributed by atoms with Gasteiger partial charge in [-0.05, 0) is 133 Å². The van der Waals surface area contributed by atoms with E-state index in [-0.39, 0.29) is 5.41 Å². The van der Waals surface area contributed by atoms with Gasteiger partial charge in [-0.2, -0.15) is 0 Å². The highest BCUT2D eigenvalue weighted by molar-refractivity contribution is 7.27. The van der Waals surface area contributed by atoms with Gasteiger partial charge in [0, 0.05) is 59.1 Å². The van der Waals surface area contributed by atoms with Crippen LogP contribution in [0, 0.1) is 0 Å². The first-order valence-electron chi connectivity index (χ1n) is 25.8. The van der Waals surface area contributed by atoms with Gasteiger partial charge in [0.25, 0.3) is 0 Å². The second kappa shape index (κ2) is 17.1. The zero-order chi connectivity index (χ0) is 49.8. The second-order valence-electron chi connectivity index (χ2n) is 20.3. The molecule has 15 rings (SSSR count). The Labute approximate surface area is 444 Å². The summed E-state index contributed by atoms with van der Waals surface area (Å²) in [5.41, 5.74) is 16.8. The van der Waals surface area contributed by atoms with E-state index in [0.29, 0.717) is 0 Å². The molecule has 0 saturated heterocycles. The third-order valence-corrected chi connectivity index (χ3v) is 18.3. The Kier molecular flexibility index (Phi) is 10.0. The van der Waals surface area contributed by atoms with Gasteiger partial charge in [0.15, 0.2) is 0 Å². The summed E-state index contributed by atoms with van der Waals surface area (Å²) in [6, 6.07) is 94.5. The summed E-state index contributed by atoms with van der Waals surface area (Å²) in [6.07, 6.45) is 0. The van der Waals surface area contributed by atoms with Crippen molar-refractivity contribution in [3.05, 3.63) is 266 Å². The molecule has 1 aliphatic carbocycles. The highest BCUT2D eigenvalue weighted by atomic mass is 32.1. The van der Waals surface area contributed by atoms with E-state index < -0.39 is 0 Å². The lowest BCUT2D eigenvalue weighted by Crippen LogP contribution is -2.24. The summed E-state index contributed by atoms with van der Waals surface area (Å²) in [7, 11) is 0. The molecule has 0 spiro atoms. The largest absolute Gasteiger partial charge is 0.309 e. The standard InChI is InChI=1S/C71H48N2S2/c1-71(2)60-35-18-31-53-59-43-49(72(47-25-11-5-12-26-47)62-36-19-33-55-52-29-15-16-38-64(52)74-69(55)62)39-41-54(59)65(46-23-9-4-10-24-46)67(66(53)60)58-42-40-50(44-61(58)71)73(48-27-13-6-14-28-48)63-37-20-34-57-56-32-17-30-51(68(56)75-70(57)63)45-21-7-3-8-22-45/h3-44H,1-2H3. The molecule has 0 saturated carbocycles. The molecule has 1 aliphatic rings. The summed E-state index contributed by atoms with van der Waals surface area (Å²) < 4.78 is 5.17. The molecule has 0 bridgehead atoms. The molecule has 354 valence electrons. The fourth-order valence-corrected chi connectivity index (χ4v) is 15.0. The van der Waals surface area contributed by atoms with E-state index >= 15 is 0 Å². The Hall–Kier alpha value is -8.80. The first-order chi connectivity index (χ1) is 37.0. The normalized spacial score (nSPS) is 12.8. The molecule has 0 aliphatic heterocycles. The summed E-state index contributed by atoms with van der Waals surface area (Å²) >= 11 is 3.78. The van der Waals surface area contributed by atoms with Gasteiger partial charge in [0.05, 0.1) is 20.8 Å². The second-order valence-corrected chi connectivity index (χ2v) is 22.4.